The van der Waals surface area contributed by atoms with Gasteiger partial charge >= 0.3 is 5.97 Å². The molecule has 70 valence electrons. The van der Waals surface area contributed by atoms with E-state index in [2.05, 4.69) is 0 Å². The summed E-state index contributed by atoms with van der Waals surface area (Å²) in [4.78, 5) is 10.2. The van der Waals surface area contributed by atoms with Crippen molar-refractivity contribution in [3.05, 3.63) is 35.9 Å². The molecule has 1 rings (SSSR count). The fraction of sp³-hybridized carbons (Fsp3) is 0.111. The lowest BCUT2D eigenvalue weighted by molar-refractivity contribution is 0.0697. The quantitative estimate of drug-likeness (QED) is 0.450. The molecule has 0 aliphatic heterocycles. The Labute approximate surface area is 76.5 Å². The Balaban J connectivity index is 0.000000310. The van der Waals surface area contributed by atoms with Gasteiger partial charge in [-0.3, -0.25) is 5.41 Å². The van der Waals surface area contributed by atoms with Gasteiger partial charge < -0.3 is 10.8 Å². The van der Waals surface area contributed by atoms with Crippen molar-refractivity contribution in [1.29, 1.82) is 5.41 Å². The topological polar surface area (TPSA) is 87.2 Å². The summed E-state index contributed by atoms with van der Waals surface area (Å²) in [5.41, 5.74) is 5.03. The van der Waals surface area contributed by atoms with Crippen molar-refractivity contribution in [2.75, 3.05) is 0 Å². The van der Waals surface area contributed by atoms with Crippen LogP contribution in [0.25, 0.3) is 0 Å². The lowest BCUT2D eigenvalue weighted by Crippen LogP contribution is -2.00. The molecule has 0 spiro atoms. The first-order valence-corrected chi connectivity index (χ1v) is 3.63. The van der Waals surface area contributed by atoms with Crippen LogP contribution >= 0.6 is 0 Å². The number of carboxylic acids is 1. The smallest absolute Gasteiger partial charge is 0.335 e. The first-order chi connectivity index (χ1) is 6.04. The molecule has 0 bridgehead atoms. The van der Waals surface area contributed by atoms with Crippen LogP contribution in [0.2, 0.25) is 0 Å². The van der Waals surface area contributed by atoms with E-state index >= 15 is 0 Å². The summed E-state index contributed by atoms with van der Waals surface area (Å²) in [6.45, 7) is 1.53. The van der Waals surface area contributed by atoms with Gasteiger partial charge in [-0.15, -0.1) is 0 Å². The fourth-order valence-corrected chi connectivity index (χ4v) is 0.581. The Hall–Kier alpha value is -1.84. The molecular formula is C9H12N2O2. The van der Waals surface area contributed by atoms with Gasteiger partial charge in [-0.25, -0.2) is 4.79 Å². The number of carbonyl (C=O) groups is 1. The van der Waals surface area contributed by atoms with E-state index in [0.29, 0.717) is 5.56 Å². The summed E-state index contributed by atoms with van der Waals surface area (Å²) in [6.07, 6.45) is 0. The Morgan fingerprint density at radius 2 is 1.77 bits per heavy atom. The molecule has 4 N–H and O–H groups in total. The van der Waals surface area contributed by atoms with Crippen LogP contribution in [0.5, 0.6) is 0 Å². The summed E-state index contributed by atoms with van der Waals surface area (Å²) in [5.74, 6) is -0.712. The van der Waals surface area contributed by atoms with E-state index in [1.807, 2.05) is 0 Å². The van der Waals surface area contributed by atoms with Crippen LogP contribution < -0.4 is 5.73 Å². The number of hydrogen-bond acceptors (Lipinski definition) is 2. The van der Waals surface area contributed by atoms with Crippen LogP contribution in [0.1, 0.15) is 17.3 Å². The second kappa shape index (κ2) is 5.77. The van der Waals surface area contributed by atoms with Crippen molar-refractivity contribution >= 4 is 11.8 Å². The van der Waals surface area contributed by atoms with Crippen LogP contribution in [0.15, 0.2) is 30.3 Å². The van der Waals surface area contributed by atoms with Crippen molar-refractivity contribution in [1.82, 2.24) is 0 Å². The van der Waals surface area contributed by atoms with E-state index < -0.39 is 5.97 Å². The van der Waals surface area contributed by atoms with E-state index in [1.165, 1.54) is 6.92 Å². The third kappa shape index (κ3) is 6.55. The average molecular weight is 180 g/mol. The first-order valence-electron chi connectivity index (χ1n) is 3.63. The Morgan fingerprint density at radius 1 is 1.38 bits per heavy atom. The van der Waals surface area contributed by atoms with Gasteiger partial charge in [0.1, 0.15) is 0 Å². The maximum atomic E-state index is 10.2. The lowest BCUT2D eigenvalue weighted by Gasteiger charge is -1.88. The first kappa shape index (κ1) is 11.2. The zero-order valence-electron chi connectivity index (χ0n) is 7.32. The lowest BCUT2D eigenvalue weighted by atomic mass is 10.2. The number of benzene rings is 1. The molecule has 0 aliphatic rings. The molecule has 13 heavy (non-hydrogen) atoms. The highest BCUT2D eigenvalue weighted by molar-refractivity contribution is 5.87. The van der Waals surface area contributed by atoms with Crippen molar-refractivity contribution in [3.8, 4) is 0 Å². The van der Waals surface area contributed by atoms with Gasteiger partial charge in [0, 0.05) is 0 Å². The van der Waals surface area contributed by atoms with Crippen molar-refractivity contribution in [3.63, 3.8) is 0 Å². The molecule has 0 aliphatic carbocycles. The van der Waals surface area contributed by atoms with Crippen molar-refractivity contribution in [2.24, 2.45) is 5.73 Å². The molecule has 0 fully saturated rings. The van der Waals surface area contributed by atoms with Gasteiger partial charge in [-0.2, -0.15) is 0 Å². The molecule has 4 heteroatoms. The summed E-state index contributed by atoms with van der Waals surface area (Å²) in [5, 5.41) is 14.7. The van der Waals surface area contributed by atoms with Gasteiger partial charge in [0.2, 0.25) is 0 Å². The van der Waals surface area contributed by atoms with Gasteiger partial charge in [0.05, 0.1) is 11.4 Å². The normalized spacial score (nSPS) is 8.08. The molecule has 1 aromatic carbocycles. The Morgan fingerprint density at radius 3 is 2.00 bits per heavy atom. The van der Waals surface area contributed by atoms with Crippen LogP contribution in [0, 0.1) is 5.41 Å². The third-order valence-corrected chi connectivity index (χ3v) is 1.02. The van der Waals surface area contributed by atoms with Crippen LogP contribution in [0.4, 0.5) is 0 Å². The van der Waals surface area contributed by atoms with E-state index in [-0.39, 0.29) is 5.84 Å². The number of nitrogens with two attached hydrogens (primary N) is 1. The zero-order valence-corrected chi connectivity index (χ0v) is 7.32. The molecule has 0 atom stereocenters. The Kier molecular flexibility index (Phi) is 4.95. The van der Waals surface area contributed by atoms with E-state index in [9.17, 15) is 4.79 Å². The molecule has 0 aromatic heterocycles. The second-order valence-corrected chi connectivity index (χ2v) is 2.35. The van der Waals surface area contributed by atoms with E-state index in [1.54, 1.807) is 30.3 Å². The van der Waals surface area contributed by atoms with Crippen LogP contribution in [-0.2, 0) is 0 Å². The van der Waals surface area contributed by atoms with E-state index in [4.69, 9.17) is 16.2 Å². The molecular weight excluding hydrogens is 168 g/mol. The number of amidine groups is 1. The predicted octanol–water partition coefficient (Wildman–Crippen LogP) is 1.33. The summed E-state index contributed by atoms with van der Waals surface area (Å²) >= 11 is 0. The standard InChI is InChI=1S/C7H6O2.C2H6N2/c8-7(9)6-4-2-1-3-5-6;1-2(3)4/h1-5H,(H,8,9);1H3,(H3,3,4). The molecule has 0 heterocycles. The van der Waals surface area contributed by atoms with Gasteiger partial charge in [0.25, 0.3) is 0 Å². The van der Waals surface area contributed by atoms with E-state index in [0.717, 1.165) is 0 Å². The fourth-order valence-electron chi connectivity index (χ4n) is 0.581. The van der Waals surface area contributed by atoms with Crippen molar-refractivity contribution < 1.29 is 9.90 Å². The zero-order chi connectivity index (χ0) is 10.3. The highest BCUT2D eigenvalue weighted by Crippen LogP contribution is 1.96. The molecule has 0 unspecified atom stereocenters. The number of aromatic carboxylic acids is 1. The molecule has 0 saturated heterocycles. The number of nitrogens with one attached hydrogen (secondary N) is 1. The highest BCUT2D eigenvalue weighted by Gasteiger charge is 1.96. The summed E-state index contributed by atoms with van der Waals surface area (Å²) in [7, 11) is 0. The van der Waals surface area contributed by atoms with Crippen molar-refractivity contribution in [2.45, 2.75) is 6.92 Å². The number of hydrogen-bond donors (Lipinski definition) is 3. The highest BCUT2D eigenvalue weighted by atomic mass is 16.4. The van der Waals surface area contributed by atoms with Gasteiger partial charge in [0.15, 0.2) is 0 Å². The summed E-state index contributed by atoms with van der Waals surface area (Å²) in [6, 6.07) is 8.30. The minimum Gasteiger partial charge on any atom is -0.478 e. The SMILES string of the molecule is CC(=N)N.O=C(O)c1ccccc1. The second-order valence-electron chi connectivity index (χ2n) is 2.35. The molecule has 0 radical (unpaired) electrons. The molecule has 4 nitrogen and oxygen atoms in total. The largest absolute Gasteiger partial charge is 0.478 e. The van der Waals surface area contributed by atoms with Crippen LogP contribution in [0.3, 0.4) is 0 Å². The maximum Gasteiger partial charge on any atom is 0.335 e. The number of rotatable bonds is 1. The van der Waals surface area contributed by atoms with Gasteiger partial charge in [-0.1, -0.05) is 18.2 Å². The monoisotopic (exact) mass is 180 g/mol. The maximum absolute atomic E-state index is 10.2. The molecule has 0 amide bonds. The molecule has 0 saturated carbocycles. The predicted molar refractivity (Wildman–Crippen MR) is 51.0 cm³/mol. The average Bonchev–Trinajstić information content (AvgIpc) is 2.05. The molecule has 1 aromatic rings. The Bertz CT molecular complexity index is 279. The minimum atomic E-state index is -0.879. The van der Waals surface area contributed by atoms with Crippen LogP contribution in [-0.4, -0.2) is 16.9 Å². The third-order valence-electron chi connectivity index (χ3n) is 1.02. The minimum absolute atomic E-state index is 0.167. The summed E-state index contributed by atoms with van der Waals surface area (Å²) < 4.78 is 0. The van der Waals surface area contributed by atoms with Gasteiger partial charge in [-0.05, 0) is 19.1 Å². The number of carboxylic acid groups (broad SMARTS) is 1.